The van der Waals surface area contributed by atoms with Gasteiger partial charge in [0.1, 0.15) is 0 Å². The van der Waals surface area contributed by atoms with Crippen LogP contribution in [0.25, 0.3) is 6.08 Å². The van der Waals surface area contributed by atoms with Gasteiger partial charge in [-0.05, 0) is 37.1 Å². The monoisotopic (exact) mass is 453 g/mol. The molecule has 1 aliphatic heterocycles. The molecule has 1 aromatic carbocycles. The number of amides is 2. The minimum Gasteiger partial charge on any atom is -0.493 e. The average Bonchev–Trinajstić information content (AvgIpc) is 2.77. The van der Waals surface area contributed by atoms with E-state index in [1.165, 1.54) is 6.08 Å². The number of benzene rings is 1. The Morgan fingerprint density at radius 3 is 2.58 bits per heavy atom. The summed E-state index contributed by atoms with van der Waals surface area (Å²) in [6, 6.07) is 3.52. The van der Waals surface area contributed by atoms with E-state index in [9.17, 15) is 9.59 Å². The first kappa shape index (κ1) is 25.0. The summed E-state index contributed by atoms with van der Waals surface area (Å²) in [5, 5.41) is 3.31. The van der Waals surface area contributed by atoms with E-state index in [0.717, 1.165) is 12.0 Å². The van der Waals surface area contributed by atoms with Crippen LogP contribution in [-0.4, -0.2) is 88.3 Å². The quantitative estimate of drug-likeness (QED) is 0.408. The predicted molar refractivity (Wildman–Crippen MR) is 121 cm³/mol. The van der Waals surface area contributed by atoms with Crippen molar-refractivity contribution in [1.82, 2.24) is 15.1 Å². The molecule has 1 fully saturated rings. The molecule has 0 aromatic heterocycles. The zero-order valence-corrected chi connectivity index (χ0v) is 19.2. The molecule has 9 heteroatoms. The molecule has 1 N–H and O–H groups in total. The smallest absolute Gasteiger partial charge is 0.246 e. The standard InChI is InChI=1S/C22H32ClN3O5/c1-4-31-22-18(23)14-17(15-19(22)30-3)6-7-21(28)26-11-9-25(10-12-26)16-20(27)24-8-5-13-29-2/h6-7,14-15H,4-5,8-13,16H2,1-3H3,(H,24,27)/b7-6+. The lowest BCUT2D eigenvalue weighted by Gasteiger charge is -2.33. The lowest BCUT2D eigenvalue weighted by atomic mass is 10.1. The van der Waals surface area contributed by atoms with Crippen LogP contribution in [0.5, 0.6) is 11.5 Å². The lowest BCUT2D eigenvalue weighted by Crippen LogP contribution is -2.50. The summed E-state index contributed by atoms with van der Waals surface area (Å²) in [7, 11) is 3.19. The van der Waals surface area contributed by atoms with Crippen LogP contribution in [0.2, 0.25) is 5.02 Å². The number of piperazine rings is 1. The third-order valence-electron chi connectivity index (χ3n) is 4.86. The summed E-state index contributed by atoms with van der Waals surface area (Å²) >= 11 is 6.28. The van der Waals surface area contributed by atoms with Gasteiger partial charge in [-0.15, -0.1) is 0 Å². The van der Waals surface area contributed by atoms with Gasteiger partial charge in [-0.1, -0.05) is 11.6 Å². The normalized spacial score (nSPS) is 14.6. The number of methoxy groups -OCH3 is 2. The molecule has 2 rings (SSSR count). The molecule has 0 radical (unpaired) electrons. The molecule has 31 heavy (non-hydrogen) atoms. The van der Waals surface area contributed by atoms with E-state index < -0.39 is 0 Å². The molecule has 0 atom stereocenters. The second kappa shape index (κ2) is 13.2. The van der Waals surface area contributed by atoms with Gasteiger partial charge in [-0.25, -0.2) is 0 Å². The van der Waals surface area contributed by atoms with Gasteiger partial charge in [0, 0.05) is 52.5 Å². The van der Waals surface area contributed by atoms with Crippen molar-refractivity contribution in [2.45, 2.75) is 13.3 Å². The van der Waals surface area contributed by atoms with Crippen LogP contribution in [-0.2, 0) is 14.3 Å². The number of hydrogen-bond acceptors (Lipinski definition) is 6. The fraction of sp³-hybridized carbons (Fsp3) is 0.545. The summed E-state index contributed by atoms with van der Waals surface area (Å²) in [5.41, 5.74) is 0.752. The number of halogens is 1. The maximum atomic E-state index is 12.6. The molecule has 1 aromatic rings. The van der Waals surface area contributed by atoms with Crippen LogP contribution >= 0.6 is 11.6 Å². The highest BCUT2D eigenvalue weighted by Crippen LogP contribution is 2.36. The molecular weight excluding hydrogens is 422 g/mol. The van der Waals surface area contributed by atoms with E-state index in [1.807, 2.05) is 6.92 Å². The predicted octanol–water partition coefficient (Wildman–Crippen LogP) is 2.06. The molecule has 2 amide bonds. The van der Waals surface area contributed by atoms with E-state index in [1.54, 1.807) is 37.3 Å². The van der Waals surface area contributed by atoms with E-state index in [0.29, 0.717) is 69.0 Å². The van der Waals surface area contributed by atoms with Gasteiger partial charge in [-0.3, -0.25) is 14.5 Å². The topological polar surface area (TPSA) is 80.3 Å². The Balaban J connectivity index is 1.83. The first-order chi connectivity index (χ1) is 15.0. The number of hydrogen-bond donors (Lipinski definition) is 1. The van der Waals surface area contributed by atoms with Crippen molar-refractivity contribution in [3.05, 3.63) is 28.8 Å². The van der Waals surface area contributed by atoms with Crippen molar-refractivity contribution in [1.29, 1.82) is 0 Å². The molecule has 0 aliphatic carbocycles. The molecule has 172 valence electrons. The maximum absolute atomic E-state index is 12.6. The lowest BCUT2D eigenvalue weighted by molar-refractivity contribution is -0.128. The zero-order chi connectivity index (χ0) is 22.6. The first-order valence-corrected chi connectivity index (χ1v) is 10.8. The molecule has 0 unspecified atom stereocenters. The first-order valence-electron chi connectivity index (χ1n) is 10.4. The van der Waals surface area contributed by atoms with Gasteiger partial charge in [0.2, 0.25) is 11.8 Å². The van der Waals surface area contributed by atoms with Gasteiger partial charge in [0.15, 0.2) is 11.5 Å². The van der Waals surface area contributed by atoms with Gasteiger partial charge >= 0.3 is 0 Å². The van der Waals surface area contributed by atoms with Crippen molar-refractivity contribution in [3.63, 3.8) is 0 Å². The van der Waals surface area contributed by atoms with Crippen LogP contribution in [0.15, 0.2) is 18.2 Å². The Kier molecular flexibility index (Phi) is 10.6. The molecule has 0 spiro atoms. The zero-order valence-electron chi connectivity index (χ0n) is 18.5. The maximum Gasteiger partial charge on any atom is 0.246 e. The highest BCUT2D eigenvalue weighted by molar-refractivity contribution is 6.32. The van der Waals surface area contributed by atoms with Gasteiger partial charge < -0.3 is 24.4 Å². The SMILES string of the molecule is CCOc1c(Cl)cc(/C=C/C(=O)N2CCN(CC(=O)NCCCOC)CC2)cc1OC. The highest BCUT2D eigenvalue weighted by atomic mass is 35.5. The fourth-order valence-corrected chi connectivity index (χ4v) is 3.50. The van der Waals surface area contributed by atoms with Gasteiger partial charge in [0.25, 0.3) is 0 Å². The largest absolute Gasteiger partial charge is 0.493 e. The van der Waals surface area contributed by atoms with Crippen molar-refractivity contribution >= 4 is 29.5 Å². The Labute approximate surface area is 189 Å². The number of nitrogens with one attached hydrogen (secondary N) is 1. The Bertz CT molecular complexity index is 764. The summed E-state index contributed by atoms with van der Waals surface area (Å²) in [4.78, 5) is 28.4. The summed E-state index contributed by atoms with van der Waals surface area (Å²) in [6.07, 6.45) is 4.04. The van der Waals surface area contributed by atoms with E-state index in [-0.39, 0.29) is 11.8 Å². The van der Waals surface area contributed by atoms with Crippen LogP contribution in [0.4, 0.5) is 0 Å². The Morgan fingerprint density at radius 2 is 1.94 bits per heavy atom. The summed E-state index contributed by atoms with van der Waals surface area (Å²) in [5.74, 6) is 0.939. The summed E-state index contributed by atoms with van der Waals surface area (Å²) in [6.45, 7) is 6.40. The second-order valence-corrected chi connectivity index (χ2v) is 7.51. The van der Waals surface area contributed by atoms with Gasteiger partial charge in [0.05, 0.1) is 25.3 Å². The third kappa shape index (κ3) is 8.05. The van der Waals surface area contributed by atoms with E-state index >= 15 is 0 Å². The highest BCUT2D eigenvalue weighted by Gasteiger charge is 2.21. The Hall–Kier alpha value is -2.29. The molecule has 0 bridgehead atoms. The van der Waals surface area contributed by atoms with E-state index in [2.05, 4.69) is 10.2 Å². The fourth-order valence-electron chi connectivity index (χ4n) is 3.22. The van der Waals surface area contributed by atoms with Crippen LogP contribution in [0, 0.1) is 0 Å². The number of ether oxygens (including phenoxy) is 3. The average molecular weight is 454 g/mol. The molecule has 1 aliphatic rings. The van der Waals surface area contributed by atoms with Crippen LogP contribution in [0.3, 0.4) is 0 Å². The summed E-state index contributed by atoms with van der Waals surface area (Å²) < 4.78 is 15.8. The number of nitrogens with zero attached hydrogens (tertiary/aromatic N) is 2. The van der Waals surface area contributed by atoms with Gasteiger partial charge in [-0.2, -0.15) is 0 Å². The number of rotatable bonds is 11. The van der Waals surface area contributed by atoms with Crippen LogP contribution in [0.1, 0.15) is 18.9 Å². The van der Waals surface area contributed by atoms with Crippen molar-refractivity contribution in [3.8, 4) is 11.5 Å². The number of carbonyl (C=O) groups excluding carboxylic acids is 2. The Morgan fingerprint density at radius 1 is 1.19 bits per heavy atom. The van der Waals surface area contributed by atoms with Crippen molar-refractivity contribution in [2.75, 3.05) is 66.7 Å². The van der Waals surface area contributed by atoms with E-state index in [4.69, 9.17) is 25.8 Å². The molecule has 8 nitrogen and oxygen atoms in total. The number of carbonyl (C=O) groups is 2. The van der Waals surface area contributed by atoms with Crippen molar-refractivity contribution < 1.29 is 23.8 Å². The minimum atomic E-state index is -0.0763. The second-order valence-electron chi connectivity index (χ2n) is 7.10. The molecular formula is C22H32ClN3O5. The molecule has 0 saturated carbocycles. The minimum absolute atomic E-state index is 0.00268. The molecule has 1 saturated heterocycles. The van der Waals surface area contributed by atoms with Crippen molar-refractivity contribution in [2.24, 2.45) is 0 Å². The molecule has 1 heterocycles. The van der Waals surface area contributed by atoms with Crippen LogP contribution < -0.4 is 14.8 Å². The third-order valence-corrected chi connectivity index (χ3v) is 5.14.